The number of benzene rings is 1. The SMILES string of the molecule is Cc1ccc(-n2nc(C(C)(C)C)cc2NC(=O)C2CCC(N)C2)cc1. The number of nitrogens with two attached hydrogens (primary N) is 1. The van der Waals surface area contributed by atoms with E-state index in [-0.39, 0.29) is 23.3 Å². The van der Waals surface area contributed by atoms with Gasteiger partial charge in [-0.1, -0.05) is 38.5 Å². The molecule has 1 aliphatic rings. The molecule has 1 heterocycles. The summed E-state index contributed by atoms with van der Waals surface area (Å²) in [6, 6.07) is 10.3. The molecule has 1 fully saturated rings. The van der Waals surface area contributed by atoms with Crippen molar-refractivity contribution in [2.24, 2.45) is 11.7 Å². The lowest BCUT2D eigenvalue weighted by molar-refractivity contribution is -0.119. The standard InChI is InChI=1S/C20H28N4O/c1-13-5-9-16(10-6-13)24-18(12-17(23-24)20(2,3)4)22-19(25)14-7-8-15(21)11-14/h5-6,9-10,12,14-15H,7-8,11,21H2,1-4H3,(H,22,25). The molecule has 1 aromatic heterocycles. The minimum absolute atomic E-state index is 0.00513. The highest BCUT2D eigenvalue weighted by Gasteiger charge is 2.29. The third kappa shape index (κ3) is 3.93. The van der Waals surface area contributed by atoms with Gasteiger partial charge in [-0.25, -0.2) is 4.68 Å². The Bertz CT molecular complexity index is 755. The van der Waals surface area contributed by atoms with Gasteiger partial charge < -0.3 is 11.1 Å². The molecule has 0 aliphatic heterocycles. The lowest BCUT2D eigenvalue weighted by Crippen LogP contribution is -2.24. The minimum Gasteiger partial charge on any atom is -0.328 e. The highest BCUT2D eigenvalue weighted by atomic mass is 16.2. The molecule has 1 aliphatic carbocycles. The van der Waals surface area contributed by atoms with E-state index in [0.29, 0.717) is 0 Å². The van der Waals surface area contributed by atoms with Crippen LogP contribution in [0.1, 0.15) is 51.3 Å². The average Bonchev–Trinajstić information content (AvgIpc) is 3.14. The number of amides is 1. The van der Waals surface area contributed by atoms with E-state index >= 15 is 0 Å². The predicted octanol–water partition coefficient (Wildman–Crippen LogP) is 3.54. The van der Waals surface area contributed by atoms with Crippen LogP contribution in [0.15, 0.2) is 30.3 Å². The third-order valence-corrected chi connectivity index (χ3v) is 4.85. The molecule has 2 unspecified atom stereocenters. The Kier molecular flexibility index (Phi) is 4.69. The molecule has 2 aromatic rings. The Morgan fingerprint density at radius 3 is 2.48 bits per heavy atom. The minimum atomic E-state index is -0.0921. The van der Waals surface area contributed by atoms with E-state index in [4.69, 9.17) is 10.8 Å². The first kappa shape index (κ1) is 17.7. The van der Waals surface area contributed by atoms with Crippen LogP contribution < -0.4 is 11.1 Å². The Hall–Kier alpha value is -2.14. The van der Waals surface area contributed by atoms with Gasteiger partial charge in [-0.3, -0.25) is 4.79 Å². The largest absolute Gasteiger partial charge is 0.328 e. The summed E-state index contributed by atoms with van der Waals surface area (Å²) in [5.74, 6) is 0.760. The molecule has 3 N–H and O–H groups in total. The molecule has 25 heavy (non-hydrogen) atoms. The number of hydrogen-bond acceptors (Lipinski definition) is 3. The molecule has 3 rings (SSSR count). The second-order valence-electron chi connectivity index (χ2n) is 8.17. The van der Waals surface area contributed by atoms with E-state index in [9.17, 15) is 4.79 Å². The normalized spacial score (nSPS) is 20.7. The number of nitrogens with one attached hydrogen (secondary N) is 1. The van der Waals surface area contributed by atoms with Gasteiger partial charge in [0, 0.05) is 23.4 Å². The fraction of sp³-hybridized carbons (Fsp3) is 0.500. The summed E-state index contributed by atoms with van der Waals surface area (Å²) < 4.78 is 1.83. The van der Waals surface area contributed by atoms with Crippen molar-refractivity contribution in [3.8, 4) is 5.69 Å². The lowest BCUT2D eigenvalue weighted by atomic mass is 9.92. The van der Waals surface area contributed by atoms with Crippen molar-refractivity contribution in [3.63, 3.8) is 0 Å². The summed E-state index contributed by atoms with van der Waals surface area (Å²) in [6.45, 7) is 8.42. The molecule has 0 radical (unpaired) electrons. The van der Waals surface area contributed by atoms with Crippen LogP contribution in [0.5, 0.6) is 0 Å². The zero-order valence-corrected chi connectivity index (χ0v) is 15.5. The van der Waals surface area contributed by atoms with E-state index in [1.165, 1.54) is 5.56 Å². The summed E-state index contributed by atoms with van der Waals surface area (Å²) in [6.07, 6.45) is 2.54. The molecule has 1 amide bonds. The monoisotopic (exact) mass is 340 g/mol. The first-order valence-corrected chi connectivity index (χ1v) is 8.98. The second kappa shape index (κ2) is 6.64. The zero-order chi connectivity index (χ0) is 18.2. The first-order valence-electron chi connectivity index (χ1n) is 8.98. The Labute approximate surface area is 149 Å². The van der Waals surface area contributed by atoms with Crippen LogP contribution in [0.25, 0.3) is 5.69 Å². The van der Waals surface area contributed by atoms with E-state index < -0.39 is 0 Å². The fourth-order valence-electron chi connectivity index (χ4n) is 3.20. The number of anilines is 1. The number of carbonyl (C=O) groups is 1. The van der Waals surface area contributed by atoms with Crippen molar-refractivity contribution in [2.75, 3.05) is 5.32 Å². The van der Waals surface area contributed by atoms with Crippen LogP contribution in [0.2, 0.25) is 0 Å². The van der Waals surface area contributed by atoms with Gasteiger partial charge in [0.05, 0.1) is 11.4 Å². The molecule has 0 saturated heterocycles. The number of aryl methyl sites for hydroxylation is 1. The molecule has 2 atom stereocenters. The number of rotatable bonds is 3. The van der Waals surface area contributed by atoms with E-state index in [1.807, 2.05) is 22.9 Å². The van der Waals surface area contributed by atoms with Crippen LogP contribution in [0.4, 0.5) is 5.82 Å². The second-order valence-corrected chi connectivity index (χ2v) is 8.17. The molecule has 1 aromatic carbocycles. The van der Waals surface area contributed by atoms with Gasteiger partial charge in [-0.2, -0.15) is 5.10 Å². The predicted molar refractivity (Wildman–Crippen MR) is 101 cm³/mol. The number of aromatic nitrogens is 2. The highest BCUT2D eigenvalue weighted by molar-refractivity contribution is 5.92. The molecule has 0 bridgehead atoms. The van der Waals surface area contributed by atoms with Gasteiger partial charge in [0.15, 0.2) is 0 Å². The molecule has 5 nitrogen and oxygen atoms in total. The maximum absolute atomic E-state index is 12.6. The molecular formula is C20H28N4O. The summed E-state index contributed by atoms with van der Waals surface area (Å²) >= 11 is 0. The van der Waals surface area contributed by atoms with Gasteiger partial charge in [-0.15, -0.1) is 0 Å². The highest BCUT2D eigenvalue weighted by Crippen LogP contribution is 2.29. The fourth-order valence-corrected chi connectivity index (χ4v) is 3.20. The van der Waals surface area contributed by atoms with Crippen LogP contribution in [0.3, 0.4) is 0 Å². The summed E-state index contributed by atoms with van der Waals surface area (Å²) in [5, 5.41) is 7.84. The zero-order valence-electron chi connectivity index (χ0n) is 15.5. The van der Waals surface area contributed by atoms with Crippen molar-refractivity contribution < 1.29 is 4.79 Å². The maximum Gasteiger partial charge on any atom is 0.228 e. The smallest absolute Gasteiger partial charge is 0.228 e. The van der Waals surface area contributed by atoms with E-state index in [0.717, 1.165) is 36.5 Å². The maximum atomic E-state index is 12.6. The van der Waals surface area contributed by atoms with Crippen LogP contribution >= 0.6 is 0 Å². The summed E-state index contributed by atoms with van der Waals surface area (Å²) in [5.41, 5.74) is 8.95. The van der Waals surface area contributed by atoms with Crippen LogP contribution in [-0.2, 0) is 10.2 Å². The number of hydrogen-bond donors (Lipinski definition) is 2. The van der Waals surface area contributed by atoms with Crippen molar-refractivity contribution in [2.45, 2.75) is 58.4 Å². The van der Waals surface area contributed by atoms with Crippen LogP contribution in [-0.4, -0.2) is 21.7 Å². The molecule has 0 spiro atoms. The van der Waals surface area contributed by atoms with Gasteiger partial charge in [0.1, 0.15) is 5.82 Å². The van der Waals surface area contributed by atoms with E-state index in [2.05, 4.69) is 45.1 Å². The van der Waals surface area contributed by atoms with Gasteiger partial charge in [0.25, 0.3) is 0 Å². The first-order chi connectivity index (χ1) is 11.7. The van der Waals surface area contributed by atoms with Gasteiger partial charge in [0.2, 0.25) is 5.91 Å². The van der Waals surface area contributed by atoms with Crippen LogP contribution in [0, 0.1) is 12.8 Å². The average molecular weight is 340 g/mol. The van der Waals surface area contributed by atoms with Crippen molar-refractivity contribution in [3.05, 3.63) is 41.6 Å². The van der Waals surface area contributed by atoms with Gasteiger partial charge >= 0.3 is 0 Å². The molecular weight excluding hydrogens is 312 g/mol. The summed E-state index contributed by atoms with van der Waals surface area (Å²) in [7, 11) is 0. The molecule has 134 valence electrons. The Morgan fingerprint density at radius 1 is 1.24 bits per heavy atom. The number of carbonyl (C=O) groups excluding carboxylic acids is 1. The summed E-state index contributed by atoms with van der Waals surface area (Å²) in [4.78, 5) is 12.6. The molecule has 5 heteroatoms. The molecule has 1 saturated carbocycles. The van der Waals surface area contributed by atoms with Gasteiger partial charge in [-0.05, 0) is 38.3 Å². The van der Waals surface area contributed by atoms with Crippen molar-refractivity contribution in [1.29, 1.82) is 0 Å². The quantitative estimate of drug-likeness (QED) is 0.897. The van der Waals surface area contributed by atoms with E-state index in [1.54, 1.807) is 0 Å². The third-order valence-electron chi connectivity index (χ3n) is 4.85. The van der Waals surface area contributed by atoms with Crippen molar-refractivity contribution in [1.82, 2.24) is 9.78 Å². The topological polar surface area (TPSA) is 72.9 Å². The number of nitrogens with zero attached hydrogens (tertiary/aromatic N) is 2. The van der Waals surface area contributed by atoms with Crippen molar-refractivity contribution >= 4 is 11.7 Å². The lowest BCUT2D eigenvalue weighted by Gasteiger charge is -2.14. The Morgan fingerprint density at radius 2 is 1.92 bits per heavy atom. The Balaban J connectivity index is 1.92.